The lowest BCUT2D eigenvalue weighted by Gasteiger charge is -2.33. The molecule has 0 atom stereocenters. The van der Waals surface area contributed by atoms with Crippen LogP contribution in [0.4, 0.5) is 24.5 Å². The summed E-state index contributed by atoms with van der Waals surface area (Å²) in [5.74, 6) is 0. The molecule has 1 saturated heterocycles. The maximum absolute atomic E-state index is 12.6. The third-order valence-corrected chi connectivity index (χ3v) is 3.47. The van der Waals surface area contributed by atoms with Gasteiger partial charge < -0.3 is 15.4 Å². The van der Waals surface area contributed by atoms with Crippen molar-refractivity contribution >= 4 is 11.4 Å². The van der Waals surface area contributed by atoms with Crippen LogP contribution in [0.5, 0.6) is 0 Å². The maximum atomic E-state index is 12.6. The molecule has 0 amide bonds. The van der Waals surface area contributed by atoms with Crippen LogP contribution in [0.2, 0.25) is 0 Å². The molecule has 2 rings (SSSR count). The second-order valence-corrected chi connectivity index (χ2v) is 4.73. The standard InChI is InChI=1S/C13H17F3N2O/c1-18(10-4-6-19-7-5-10)12-3-2-9(8-11(12)17)13(14,15)16/h2-3,8,10H,4-7,17H2,1H3. The third kappa shape index (κ3) is 3.12. The Labute approximate surface area is 110 Å². The molecule has 0 unspecified atom stereocenters. The minimum Gasteiger partial charge on any atom is -0.397 e. The van der Waals surface area contributed by atoms with E-state index in [1.54, 1.807) is 0 Å². The first-order valence-corrected chi connectivity index (χ1v) is 6.17. The van der Waals surface area contributed by atoms with Crippen molar-refractivity contribution in [3.8, 4) is 0 Å². The second-order valence-electron chi connectivity index (χ2n) is 4.73. The lowest BCUT2D eigenvalue weighted by atomic mass is 10.1. The average Bonchev–Trinajstić information content (AvgIpc) is 2.38. The molecule has 1 heterocycles. The smallest absolute Gasteiger partial charge is 0.397 e. The largest absolute Gasteiger partial charge is 0.416 e. The predicted molar refractivity (Wildman–Crippen MR) is 68.1 cm³/mol. The summed E-state index contributed by atoms with van der Waals surface area (Å²) in [6, 6.07) is 3.76. The van der Waals surface area contributed by atoms with Crippen LogP contribution in [-0.2, 0) is 10.9 Å². The highest BCUT2D eigenvalue weighted by Gasteiger charge is 2.31. The van der Waals surface area contributed by atoms with E-state index < -0.39 is 11.7 Å². The Hall–Kier alpha value is -1.43. The van der Waals surface area contributed by atoms with Crippen LogP contribution in [0.25, 0.3) is 0 Å². The predicted octanol–water partition coefficient (Wildman–Crippen LogP) is 2.90. The van der Waals surface area contributed by atoms with Crippen molar-refractivity contribution in [3.63, 3.8) is 0 Å². The van der Waals surface area contributed by atoms with Gasteiger partial charge >= 0.3 is 6.18 Å². The third-order valence-electron chi connectivity index (χ3n) is 3.47. The van der Waals surface area contributed by atoms with Crippen LogP contribution in [0.3, 0.4) is 0 Å². The topological polar surface area (TPSA) is 38.5 Å². The number of nitrogens with two attached hydrogens (primary N) is 1. The highest BCUT2D eigenvalue weighted by molar-refractivity contribution is 5.68. The number of benzene rings is 1. The minimum atomic E-state index is -4.36. The van der Waals surface area contributed by atoms with Crippen molar-refractivity contribution in [2.75, 3.05) is 30.9 Å². The first-order valence-electron chi connectivity index (χ1n) is 6.17. The summed E-state index contributed by atoms with van der Waals surface area (Å²) in [7, 11) is 1.86. The number of ether oxygens (including phenoxy) is 1. The molecule has 106 valence electrons. The molecule has 0 radical (unpaired) electrons. The lowest BCUT2D eigenvalue weighted by Crippen LogP contribution is -2.37. The monoisotopic (exact) mass is 274 g/mol. The molecule has 6 heteroatoms. The van der Waals surface area contributed by atoms with Gasteiger partial charge in [-0.05, 0) is 31.0 Å². The first kappa shape index (κ1) is 14.0. The highest BCUT2D eigenvalue weighted by atomic mass is 19.4. The van der Waals surface area contributed by atoms with Gasteiger partial charge in [0.15, 0.2) is 0 Å². The number of hydrogen-bond donors (Lipinski definition) is 1. The summed E-state index contributed by atoms with van der Waals surface area (Å²) < 4.78 is 43.0. The maximum Gasteiger partial charge on any atom is 0.416 e. The number of nitrogens with zero attached hydrogens (tertiary/aromatic N) is 1. The number of hydrogen-bond acceptors (Lipinski definition) is 3. The average molecular weight is 274 g/mol. The van der Waals surface area contributed by atoms with Crippen molar-refractivity contribution in [1.82, 2.24) is 0 Å². The van der Waals surface area contributed by atoms with Crippen molar-refractivity contribution in [1.29, 1.82) is 0 Å². The summed E-state index contributed by atoms with van der Waals surface area (Å²) in [5, 5.41) is 0. The van der Waals surface area contributed by atoms with Crippen LogP contribution in [0.1, 0.15) is 18.4 Å². The quantitative estimate of drug-likeness (QED) is 0.843. The van der Waals surface area contributed by atoms with Gasteiger partial charge in [-0.15, -0.1) is 0 Å². The fourth-order valence-electron chi connectivity index (χ4n) is 2.32. The molecule has 0 saturated carbocycles. The van der Waals surface area contributed by atoms with E-state index in [-0.39, 0.29) is 11.7 Å². The van der Waals surface area contributed by atoms with E-state index in [0.717, 1.165) is 25.0 Å². The Morgan fingerprint density at radius 3 is 2.42 bits per heavy atom. The van der Waals surface area contributed by atoms with Gasteiger partial charge in [0.25, 0.3) is 0 Å². The first-order chi connectivity index (χ1) is 8.89. The van der Waals surface area contributed by atoms with Gasteiger partial charge in [0.1, 0.15) is 0 Å². The van der Waals surface area contributed by atoms with Gasteiger partial charge in [-0.1, -0.05) is 0 Å². The Kier molecular flexibility index (Phi) is 3.89. The lowest BCUT2D eigenvalue weighted by molar-refractivity contribution is -0.137. The van der Waals surface area contributed by atoms with E-state index in [9.17, 15) is 13.2 Å². The van der Waals surface area contributed by atoms with Crippen LogP contribution < -0.4 is 10.6 Å². The summed E-state index contributed by atoms with van der Waals surface area (Å²) in [6.45, 7) is 1.35. The van der Waals surface area contributed by atoms with Gasteiger partial charge in [-0.3, -0.25) is 0 Å². The van der Waals surface area contributed by atoms with E-state index in [4.69, 9.17) is 10.5 Å². The molecule has 1 aromatic carbocycles. The fourth-order valence-corrected chi connectivity index (χ4v) is 2.32. The zero-order valence-electron chi connectivity index (χ0n) is 10.7. The molecule has 1 aromatic rings. The van der Waals surface area contributed by atoms with Crippen molar-refractivity contribution in [3.05, 3.63) is 23.8 Å². The highest BCUT2D eigenvalue weighted by Crippen LogP contribution is 2.34. The molecule has 0 aromatic heterocycles. The zero-order chi connectivity index (χ0) is 14.0. The van der Waals surface area contributed by atoms with E-state index >= 15 is 0 Å². The SMILES string of the molecule is CN(c1ccc(C(F)(F)F)cc1N)C1CCOCC1. The van der Waals surface area contributed by atoms with Gasteiger partial charge in [0, 0.05) is 26.3 Å². The van der Waals surface area contributed by atoms with Gasteiger partial charge in [-0.25, -0.2) is 0 Å². The van der Waals surface area contributed by atoms with Crippen LogP contribution >= 0.6 is 0 Å². The van der Waals surface area contributed by atoms with E-state index in [2.05, 4.69) is 0 Å². The Morgan fingerprint density at radius 2 is 1.89 bits per heavy atom. The van der Waals surface area contributed by atoms with Crippen LogP contribution in [-0.4, -0.2) is 26.3 Å². The van der Waals surface area contributed by atoms with E-state index in [1.807, 2.05) is 11.9 Å². The molecule has 3 nitrogen and oxygen atoms in total. The Balaban J connectivity index is 2.20. The van der Waals surface area contributed by atoms with Crippen molar-refractivity contribution in [2.24, 2.45) is 0 Å². The van der Waals surface area contributed by atoms with Gasteiger partial charge in [-0.2, -0.15) is 13.2 Å². The summed E-state index contributed by atoms with van der Waals surface area (Å²) in [5.41, 5.74) is 5.83. The molecular formula is C13H17F3N2O. The van der Waals surface area contributed by atoms with Crippen molar-refractivity contribution < 1.29 is 17.9 Å². The molecular weight excluding hydrogens is 257 g/mol. The fraction of sp³-hybridized carbons (Fsp3) is 0.538. The van der Waals surface area contributed by atoms with Gasteiger partial charge in [0.2, 0.25) is 0 Å². The number of rotatable bonds is 2. The molecule has 0 spiro atoms. The van der Waals surface area contributed by atoms with Crippen LogP contribution in [0.15, 0.2) is 18.2 Å². The van der Waals surface area contributed by atoms with Gasteiger partial charge in [0.05, 0.1) is 16.9 Å². The Morgan fingerprint density at radius 1 is 1.26 bits per heavy atom. The molecule has 1 aliphatic rings. The number of alkyl halides is 3. The Bertz CT molecular complexity index is 442. The van der Waals surface area contributed by atoms with E-state index in [0.29, 0.717) is 18.9 Å². The molecule has 0 bridgehead atoms. The van der Waals surface area contributed by atoms with Crippen LogP contribution in [0, 0.1) is 0 Å². The summed E-state index contributed by atoms with van der Waals surface area (Å²) in [4.78, 5) is 1.94. The summed E-state index contributed by atoms with van der Waals surface area (Å²) >= 11 is 0. The molecule has 2 N–H and O–H groups in total. The molecule has 1 aliphatic heterocycles. The normalized spacial score (nSPS) is 17.5. The second kappa shape index (κ2) is 5.28. The number of anilines is 2. The zero-order valence-corrected chi connectivity index (χ0v) is 10.7. The molecule has 19 heavy (non-hydrogen) atoms. The number of nitrogen functional groups attached to an aromatic ring is 1. The summed E-state index contributed by atoms with van der Waals surface area (Å²) in [6.07, 6.45) is -2.64. The van der Waals surface area contributed by atoms with E-state index in [1.165, 1.54) is 6.07 Å². The molecule has 1 fully saturated rings. The van der Waals surface area contributed by atoms with Crippen molar-refractivity contribution in [2.45, 2.75) is 25.1 Å². The minimum absolute atomic E-state index is 0.156. The molecule has 0 aliphatic carbocycles. The number of halogens is 3.